The van der Waals surface area contributed by atoms with Gasteiger partial charge < -0.3 is 19.7 Å². The number of halogens is 1. The number of aliphatic carboxylic acids is 1. The van der Waals surface area contributed by atoms with Crippen molar-refractivity contribution in [3.63, 3.8) is 0 Å². The number of carbonyl (C=O) groups is 1. The van der Waals surface area contributed by atoms with E-state index >= 15 is 0 Å². The molecule has 2 heterocycles. The highest BCUT2D eigenvalue weighted by molar-refractivity contribution is 6.30. The van der Waals surface area contributed by atoms with Crippen LogP contribution in [0.3, 0.4) is 0 Å². The molecule has 2 aromatic rings. The van der Waals surface area contributed by atoms with E-state index < -0.39 is 11.5 Å². The van der Waals surface area contributed by atoms with Crippen LogP contribution in [0.5, 0.6) is 0 Å². The Hall–Kier alpha value is -1.89. The van der Waals surface area contributed by atoms with E-state index in [1.54, 1.807) is 12.1 Å². The van der Waals surface area contributed by atoms with E-state index in [4.69, 9.17) is 20.9 Å². The maximum Gasteiger partial charge on any atom is 0.305 e. The average Bonchev–Trinajstić information content (AvgIpc) is 3.03. The van der Waals surface area contributed by atoms with Crippen molar-refractivity contribution < 1.29 is 19.2 Å². The van der Waals surface area contributed by atoms with Gasteiger partial charge in [0.1, 0.15) is 5.69 Å². The van der Waals surface area contributed by atoms with Crippen LogP contribution < -0.4 is 5.32 Å². The van der Waals surface area contributed by atoms with E-state index in [2.05, 4.69) is 10.5 Å². The topological polar surface area (TPSA) is 84.6 Å². The van der Waals surface area contributed by atoms with Crippen molar-refractivity contribution in [3.05, 3.63) is 41.1 Å². The molecule has 6 nitrogen and oxygen atoms in total. The molecule has 0 aliphatic carbocycles. The van der Waals surface area contributed by atoms with Crippen molar-refractivity contribution in [1.82, 2.24) is 10.5 Å². The molecule has 1 aromatic heterocycles. The first-order valence-electron chi connectivity index (χ1n) is 7.82. The van der Waals surface area contributed by atoms with Gasteiger partial charge in [-0.1, -0.05) is 28.9 Å². The number of benzene rings is 1. The summed E-state index contributed by atoms with van der Waals surface area (Å²) in [6, 6.07) is 9.20. The molecule has 0 saturated carbocycles. The first-order chi connectivity index (χ1) is 11.6. The van der Waals surface area contributed by atoms with Gasteiger partial charge in [0.05, 0.1) is 13.0 Å². The minimum absolute atomic E-state index is 0.0640. The van der Waals surface area contributed by atoms with Crippen molar-refractivity contribution in [1.29, 1.82) is 0 Å². The fraction of sp³-hybridized carbons (Fsp3) is 0.412. The first kappa shape index (κ1) is 17.0. The molecule has 0 radical (unpaired) electrons. The molecule has 24 heavy (non-hydrogen) atoms. The molecular weight excluding hydrogens is 332 g/mol. The lowest BCUT2D eigenvalue weighted by atomic mass is 9.86. The number of hydrogen-bond acceptors (Lipinski definition) is 5. The van der Waals surface area contributed by atoms with Crippen molar-refractivity contribution in [2.75, 3.05) is 13.2 Å². The standard InChI is InChI=1S/C17H19ClN2O4/c18-13-3-1-12(2-4-13)15-9-14(24-20-15)11-19-17(10-16(21)22)5-7-23-8-6-17/h1-4,9,19H,5-8,10-11H2,(H,21,22). The van der Waals surface area contributed by atoms with Crippen LogP contribution in [-0.2, 0) is 16.1 Å². The second-order valence-electron chi connectivity index (χ2n) is 6.00. The summed E-state index contributed by atoms with van der Waals surface area (Å²) < 4.78 is 10.7. The third-order valence-corrected chi connectivity index (χ3v) is 4.53. The quantitative estimate of drug-likeness (QED) is 0.832. The molecule has 3 rings (SSSR count). The van der Waals surface area contributed by atoms with Crippen molar-refractivity contribution in [3.8, 4) is 11.3 Å². The van der Waals surface area contributed by atoms with Crippen LogP contribution in [0.4, 0.5) is 0 Å². The second-order valence-corrected chi connectivity index (χ2v) is 6.44. The maximum atomic E-state index is 11.2. The van der Waals surface area contributed by atoms with Crippen LogP contribution in [0.25, 0.3) is 11.3 Å². The van der Waals surface area contributed by atoms with E-state index in [9.17, 15) is 9.90 Å². The largest absolute Gasteiger partial charge is 0.481 e. The molecule has 1 aromatic carbocycles. The van der Waals surface area contributed by atoms with Gasteiger partial charge >= 0.3 is 5.97 Å². The molecule has 1 aliphatic heterocycles. The van der Waals surface area contributed by atoms with E-state index in [1.807, 2.05) is 18.2 Å². The number of nitrogens with one attached hydrogen (secondary N) is 1. The SMILES string of the molecule is O=C(O)CC1(NCc2cc(-c3ccc(Cl)cc3)no2)CCOCC1. The summed E-state index contributed by atoms with van der Waals surface area (Å²) in [5.74, 6) is -0.153. The van der Waals surface area contributed by atoms with E-state index in [0.717, 1.165) is 11.3 Å². The summed E-state index contributed by atoms with van der Waals surface area (Å²) in [6.07, 6.45) is 1.39. The minimum atomic E-state index is -0.816. The first-order valence-corrected chi connectivity index (χ1v) is 8.20. The van der Waals surface area contributed by atoms with Gasteiger partial charge in [-0.05, 0) is 25.0 Å². The Labute approximate surface area is 144 Å². The van der Waals surface area contributed by atoms with Crippen LogP contribution in [0.1, 0.15) is 25.0 Å². The van der Waals surface area contributed by atoms with Gasteiger partial charge in [0.25, 0.3) is 0 Å². The highest BCUT2D eigenvalue weighted by Gasteiger charge is 2.34. The number of rotatable bonds is 6. The van der Waals surface area contributed by atoms with E-state index in [0.29, 0.717) is 43.4 Å². The zero-order chi connectivity index (χ0) is 17.0. The number of carboxylic acids is 1. The van der Waals surface area contributed by atoms with Crippen molar-refractivity contribution in [2.24, 2.45) is 0 Å². The lowest BCUT2D eigenvalue weighted by molar-refractivity contribution is -0.139. The average molecular weight is 351 g/mol. The van der Waals surface area contributed by atoms with Crippen LogP contribution in [0.15, 0.2) is 34.9 Å². The second kappa shape index (κ2) is 7.34. The molecule has 0 unspecified atom stereocenters. The molecule has 2 N–H and O–H groups in total. The predicted molar refractivity (Wildman–Crippen MR) is 88.8 cm³/mol. The van der Waals surface area contributed by atoms with Gasteiger partial charge in [0.15, 0.2) is 5.76 Å². The number of ether oxygens (including phenoxy) is 1. The Bertz CT molecular complexity index is 693. The van der Waals surface area contributed by atoms with Gasteiger partial charge in [-0.3, -0.25) is 4.79 Å². The van der Waals surface area contributed by atoms with E-state index in [-0.39, 0.29) is 6.42 Å². The molecule has 0 spiro atoms. The van der Waals surface area contributed by atoms with Gasteiger partial charge in [-0.15, -0.1) is 0 Å². The number of nitrogens with zero attached hydrogens (tertiary/aromatic N) is 1. The van der Waals surface area contributed by atoms with Crippen LogP contribution in [-0.4, -0.2) is 35.0 Å². The normalized spacial score (nSPS) is 16.9. The Balaban J connectivity index is 1.67. The smallest absolute Gasteiger partial charge is 0.305 e. The third kappa shape index (κ3) is 4.14. The molecule has 0 atom stereocenters. The molecule has 1 fully saturated rings. The highest BCUT2D eigenvalue weighted by Crippen LogP contribution is 2.26. The fourth-order valence-corrected chi connectivity index (χ4v) is 3.02. The zero-order valence-corrected chi connectivity index (χ0v) is 13.9. The summed E-state index contributed by atoms with van der Waals surface area (Å²) in [5.41, 5.74) is 1.18. The minimum Gasteiger partial charge on any atom is -0.481 e. The monoisotopic (exact) mass is 350 g/mol. The van der Waals surface area contributed by atoms with E-state index in [1.165, 1.54) is 0 Å². The predicted octanol–water partition coefficient (Wildman–Crippen LogP) is 3.11. The van der Waals surface area contributed by atoms with Crippen LogP contribution in [0, 0.1) is 0 Å². The molecule has 128 valence electrons. The Morgan fingerprint density at radius 1 is 1.29 bits per heavy atom. The van der Waals surface area contributed by atoms with Gasteiger partial charge in [-0.25, -0.2) is 0 Å². The lowest BCUT2D eigenvalue weighted by Gasteiger charge is -2.36. The summed E-state index contributed by atoms with van der Waals surface area (Å²) in [5, 5.41) is 17.2. The number of aromatic nitrogens is 1. The van der Waals surface area contributed by atoms with Gasteiger partial charge in [0.2, 0.25) is 0 Å². The van der Waals surface area contributed by atoms with Crippen LogP contribution >= 0.6 is 11.6 Å². The summed E-state index contributed by atoms with van der Waals surface area (Å²) >= 11 is 5.88. The van der Waals surface area contributed by atoms with Crippen molar-refractivity contribution in [2.45, 2.75) is 31.3 Å². The van der Waals surface area contributed by atoms with Crippen molar-refractivity contribution >= 4 is 17.6 Å². The molecule has 0 bridgehead atoms. The summed E-state index contributed by atoms with van der Waals surface area (Å²) in [4.78, 5) is 11.2. The Morgan fingerprint density at radius 3 is 2.67 bits per heavy atom. The molecule has 0 amide bonds. The molecular formula is C17H19ClN2O4. The number of hydrogen-bond donors (Lipinski definition) is 2. The summed E-state index contributed by atoms with van der Waals surface area (Å²) in [6.45, 7) is 1.55. The zero-order valence-electron chi connectivity index (χ0n) is 13.1. The molecule has 7 heteroatoms. The Morgan fingerprint density at radius 2 is 2.00 bits per heavy atom. The third-order valence-electron chi connectivity index (χ3n) is 4.28. The summed E-state index contributed by atoms with van der Waals surface area (Å²) in [7, 11) is 0. The van der Waals surface area contributed by atoms with Crippen LogP contribution in [0.2, 0.25) is 5.02 Å². The Kier molecular flexibility index (Phi) is 5.18. The molecule has 1 saturated heterocycles. The molecule has 1 aliphatic rings. The maximum absolute atomic E-state index is 11.2. The fourth-order valence-electron chi connectivity index (χ4n) is 2.90. The lowest BCUT2D eigenvalue weighted by Crippen LogP contribution is -2.50. The number of carboxylic acid groups (broad SMARTS) is 1. The van der Waals surface area contributed by atoms with Gasteiger partial charge in [-0.2, -0.15) is 0 Å². The van der Waals surface area contributed by atoms with Gasteiger partial charge in [0, 0.05) is 35.4 Å². The highest BCUT2D eigenvalue weighted by atomic mass is 35.5.